The number of hydrogen-bond acceptors (Lipinski definition) is 3. The molecule has 0 unspecified atom stereocenters. The molecule has 1 heterocycles. The molecule has 0 saturated carbocycles. The van der Waals surface area contributed by atoms with Gasteiger partial charge in [-0.05, 0) is 48.4 Å². The standard InChI is InChI=1S/C22H19FN2O3/c23-18-9-4-6-16(14-18)11-12-24-22(27)20(15-19-10-5-13-28-19)25-21(26)17-7-2-1-3-8-17/h1-10,13-15H,11-12H2,(H,24,27)(H,25,26)/b20-15-. The van der Waals surface area contributed by atoms with Gasteiger partial charge in [0.05, 0.1) is 6.26 Å². The van der Waals surface area contributed by atoms with Crippen molar-refractivity contribution in [1.29, 1.82) is 0 Å². The molecule has 142 valence electrons. The molecule has 0 aliphatic carbocycles. The number of halogens is 1. The molecule has 3 rings (SSSR count). The fourth-order valence-corrected chi connectivity index (χ4v) is 2.57. The van der Waals surface area contributed by atoms with Gasteiger partial charge in [0, 0.05) is 18.2 Å². The van der Waals surface area contributed by atoms with Crippen molar-refractivity contribution in [2.75, 3.05) is 6.54 Å². The van der Waals surface area contributed by atoms with E-state index in [-0.39, 0.29) is 11.5 Å². The van der Waals surface area contributed by atoms with E-state index >= 15 is 0 Å². The second-order valence-corrected chi connectivity index (χ2v) is 6.03. The van der Waals surface area contributed by atoms with E-state index in [1.165, 1.54) is 24.5 Å². The Labute approximate surface area is 161 Å². The predicted molar refractivity (Wildman–Crippen MR) is 104 cm³/mol. The minimum atomic E-state index is -0.461. The summed E-state index contributed by atoms with van der Waals surface area (Å²) >= 11 is 0. The second-order valence-electron chi connectivity index (χ2n) is 6.03. The number of furan rings is 1. The molecular formula is C22H19FN2O3. The first-order valence-corrected chi connectivity index (χ1v) is 8.76. The molecule has 28 heavy (non-hydrogen) atoms. The van der Waals surface area contributed by atoms with Gasteiger partial charge in [0.2, 0.25) is 0 Å². The normalized spacial score (nSPS) is 11.1. The minimum Gasteiger partial charge on any atom is -0.465 e. The highest BCUT2D eigenvalue weighted by Crippen LogP contribution is 2.08. The van der Waals surface area contributed by atoms with E-state index in [1.54, 1.807) is 54.6 Å². The van der Waals surface area contributed by atoms with Gasteiger partial charge < -0.3 is 15.1 Å². The highest BCUT2D eigenvalue weighted by atomic mass is 19.1. The Balaban J connectivity index is 1.67. The van der Waals surface area contributed by atoms with Gasteiger partial charge in [0.15, 0.2) is 0 Å². The van der Waals surface area contributed by atoms with E-state index in [1.807, 2.05) is 0 Å². The van der Waals surface area contributed by atoms with E-state index < -0.39 is 11.8 Å². The van der Waals surface area contributed by atoms with E-state index in [0.29, 0.717) is 24.3 Å². The Morgan fingerprint density at radius 2 is 1.82 bits per heavy atom. The molecule has 0 spiro atoms. The van der Waals surface area contributed by atoms with E-state index in [2.05, 4.69) is 10.6 Å². The number of benzene rings is 2. The Kier molecular flexibility index (Phi) is 6.36. The first kappa shape index (κ1) is 19.1. The fraction of sp³-hybridized carbons (Fsp3) is 0.0909. The van der Waals surface area contributed by atoms with Gasteiger partial charge >= 0.3 is 0 Å². The van der Waals surface area contributed by atoms with Gasteiger partial charge in [-0.1, -0.05) is 30.3 Å². The lowest BCUT2D eigenvalue weighted by Gasteiger charge is -2.11. The summed E-state index contributed by atoms with van der Waals surface area (Å²) < 4.78 is 18.5. The largest absolute Gasteiger partial charge is 0.465 e. The molecular weight excluding hydrogens is 359 g/mol. The lowest BCUT2D eigenvalue weighted by molar-refractivity contribution is -0.117. The molecule has 2 aromatic carbocycles. The Bertz CT molecular complexity index is 966. The van der Waals surface area contributed by atoms with Gasteiger partial charge in [-0.25, -0.2) is 4.39 Å². The molecule has 5 nitrogen and oxygen atoms in total. The van der Waals surface area contributed by atoms with Crippen molar-refractivity contribution in [2.24, 2.45) is 0 Å². The summed E-state index contributed by atoms with van der Waals surface area (Å²) in [6.07, 6.45) is 3.40. The first-order chi connectivity index (χ1) is 13.6. The molecule has 0 atom stereocenters. The number of rotatable bonds is 7. The maximum absolute atomic E-state index is 13.2. The molecule has 2 N–H and O–H groups in total. The second kappa shape index (κ2) is 9.32. The zero-order valence-electron chi connectivity index (χ0n) is 15.0. The summed E-state index contributed by atoms with van der Waals surface area (Å²) in [5, 5.41) is 5.35. The van der Waals surface area contributed by atoms with Gasteiger partial charge in [0.1, 0.15) is 17.3 Å². The quantitative estimate of drug-likeness (QED) is 0.618. The van der Waals surface area contributed by atoms with E-state index in [0.717, 1.165) is 5.56 Å². The maximum atomic E-state index is 13.2. The van der Waals surface area contributed by atoms with Crippen molar-refractivity contribution in [3.8, 4) is 0 Å². The van der Waals surface area contributed by atoms with Crippen molar-refractivity contribution in [3.63, 3.8) is 0 Å². The third-order valence-corrected chi connectivity index (χ3v) is 3.95. The van der Waals surface area contributed by atoms with E-state index in [9.17, 15) is 14.0 Å². The van der Waals surface area contributed by atoms with Crippen LogP contribution >= 0.6 is 0 Å². The van der Waals surface area contributed by atoms with Crippen molar-refractivity contribution in [1.82, 2.24) is 10.6 Å². The molecule has 3 aromatic rings. The smallest absolute Gasteiger partial charge is 0.267 e. The van der Waals surface area contributed by atoms with Crippen LogP contribution in [0.5, 0.6) is 0 Å². The number of carbonyl (C=O) groups is 2. The Morgan fingerprint density at radius 3 is 2.54 bits per heavy atom. The van der Waals surface area contributed by atoms with E-state index in [4.69, 9.17) is 4.42 Å². The molecule has 0 aliphatic rings. The molecule has 0 radical (unpaired) electrons. The van der Waals surface area contributed by atoms with Crippen LogP contribution in [0.1, 0.15) is 21.7 Å². The summed E-state index contributed by atoms with van der Waals surface area (Å²) in [5.74, 6) is -0.753. The average molecular weight is 378 g/mol. The van der Waals surface area contributed by atoms with Crippen molar-refractivity contribution in [3.05, 3.63) is 101 Å². The van der Waals surface area contributed by atoms with Crippen LogP contribution in [-0.2, 0) is 11.2 Å². The molecule has 0 bridgehead atoms. The summed E-state index contributed by atoms with van der Waals surface area (Å²) in [7, 11) is 0. The molecule has 1 aromatic heterocycles. The van der Waals surface area contributed by atoms with Crippen molar-refractivity contribution >= 4 is 17.9 Å². The minimum absolute atomic E-state index is 0.0584. The van der Waals surface area contributed by atoms with Crippen LogP contribution in [-0.4, -0.2) is 18.4 Å². The molecule has 0 saturated heterocycles. The van der Waals surface area contributed by atoms with Crippen LogP contribution in [0.3, 0.4) is 0 Å². The lowest BCUT2D eigenvalue weighted by Crippen LogP contribution is -2.35. The summed E-state index contributed by atoms with van der Waals surface area (Å²) in [4.78, 5) is 25.0. The highest BCUT2D eigenvalue weighted by molar-refractivity contribution is 6.05. The maximum Gasteiger partial charge on any atom is 0.267 e. The van der Waals surface area contributed by atoms with Crippen LogP contribution in [0, 0.1) is 5.82 Å². The van der Waals surface area contributed by atoms with Crippen LogP contribution in [0.2, 0.25) is 0 Å². The number of carbonyl (C=O) groups excluding carboxylic acids is 2. The monoisotopic (exact) mass is 378 g/mol. The molecule has 0 aliphatic heterocycles. The summed E-state index contributed by atoms with van der Waals surface area (Å²) in [5.41, 5.74) is 1.26. The average Bonchev–Trinajstić information content (AvgIpc) is 3.21. The van der Waals surface area contributed by atoms with Crippen LogP contribution in [0.4, 0.5) is 4.39 Å². The molecule has 2 amide bonds. The third-order valence-electron chi connectivity index (χ3n) is 3.95. The fourth-order valence-electron chi connectivity index (χ4n) is 2.57. The highest BCUT2D eigenvalue weighted by Gasteiger charge is 2.15. The van der Waals surface area contributed by atoms with Crippen LogP contribution < -0.4 is 10.6 Å². The summed E-state index contributed by atoms with van der Waals surface area (Å²) in [6, 6.07) is 18.1. The number of nitrogens with one attached hydrogen (secondary N) is 2. The van der Waals surface area contributed by atoms with Crippen LogP contribution in [0.15, 0.2) is 83.1 Å². The summed E-state index contributed by atoms with van der Waals surface area (Å²) in [6.45, 7) is 0.291. The zero-order chi connectivity index (χ0) is 19.8. The van der Waals surface area contributed by atoms with Crippen LogP contribution in [0.25, 0.3) is 6.08 Å². The van der Waals surface area contributed by atoms with Gasteiger partial charge in [-0.15, -0.1) is 0 Å². The number of hydrogen-bond donors (Lipinski definition) is 2. The van der Waals surface area contributed by atoms with Gasteiger partial charge in [-0.2, -0.15) is 0 Å². The third kappa shape index (κ3) is 5.41. The lowest BCUT2D eigenvalue weighted by atomic mass is 10.1. The predicted octanol–water partition coefficient (Wildman–Crippen LogP) is 3.55. The molecule has 0 fully saturated rings. The Hall–Kier alpha value is -3.67. The SMILES string of the molecule is O=C(NCCc1cccc(F)c1)/C(=C/c1ccco1)NC(=O)c1ccccc1. The van der Waals surface area contributed by atoms with Gasteiger partial charge in [0.25, 0.3) is 11.8 Å². The first-order valence-electron chi connectivity index (χ1n) is 8.76. The van der Waals surface area contributed by atoms with Crippen molar-refractivity contribution in [2.45, 2.75) is 6.42 Å². The number of amides is 2. The van der Waals surface area contributed by atoms with Crippen molar-refractivity contribution < 1.29 is 18.4 Å². The van der Waals surface area contributed by atoms with Gasteiger partial charge in [-0.3, -0.25) is 9.59 Å². The topological polar surface area (TPSA) is 71.3 Å². The molecule has 6 heteroatoms. The Morgan fingerprint density at radius 1 is 1.00 bits per heavy atom. The zero-order valence-corrected chi connectivity index (χ0v) is 15.0.